The molecule has 0 aromatic carbocycles. The molecule has 1 unspecified atom stereocenters. The molecule has 0 fully saturated rings. The van der Waals surface area contributed by atoms with E-state index in [0.717, 1.165) is 77.0 Å². The summed E-state index contributed by atoms with van der Waals surface area (Å²) in [6.45, 7) is 4.17. The van der Waals surface area contributed by atoms with Crippen molar-refractivity contribution in [2.45, 2.75) is 148 Å². The first-order valence-corrected chi connectivity index (χ1v) is 22.8. The highest BCUT2D eigenvalue weighted by Gasteiger charge is 2.27. The van der Waals surface area contributed by atoms with Crippen molar-refractivity contribution in [1.29, 1.82) is 0 Å². The number of phosphoric acid groups is 1. The predicted molar refractivity (Wildman–Crippen MR) is 233 cm³/mol. The van der Waals surface area contributed by atoms with Gasteiger partial charge in [-0.05, 0) is 89.9 Å². The van der Waals surface area contributed by atoms with Crippen molar-refractivity contribution in [3.63, 3.8) is 0 Å². The number of nitrogens with zero attached hydrogens (tertiary/aromatic N) is 1. The molecule has 0 bridgehead atoms. The topological polar surface area (TPSA) is 108 Å². The van der Waals surface area contributed by atoms with Crippen LogP contribution < -0.4 is 0 Å². The lowest BCUT2D eigenvalue weighted by atomic mass is 10.1. The zero-order valence-corrected chi connectivity index (χ0v) is 36.7. The number of hydrogen-bond donors (Lipinski definition) is 1. The molecular weight excluding hydrogens is 725 g/mol. The van der Waals surface area contributed by atoms with E-state index in [1.165, 1.54) is 25.7 Å². The SMILES string of the molecule is CC/C=C\C/C=C\C/C=C\C/C=C\CCCCC(=O)OC[C@H](COP(=O)(O)OCC[N+](C)(C)C)OC(=O)CCCCCC/C=C\C/C=C\C/C=C\CCCCC. The van der Waals surface area contributed by atoms with E-state index in [4.69, 9.17) is 18.5 Å². The highest BCUT2D eigenvalue weighted by molar-refractivity contribution is 7.47. The number of quaternary nitrogens is 1. The van der Waals surface area contributed by atoms with E-state index in [1.807, 2.05) is 21.1 Å². The molecule has 0 rings (SSSR count). The van der Waals surface area contributed by atoms with Crippen LogP contribution in [-0.2, 0) is 32.7 Å². The van der Waals surface area contributed by atoms with Crippen LogP contribution in [0.5, 0.6) is 0 Å². The van der Waals surface area contributed by atoms with Crippen LogP contribution in [0.3, 0.4) is 0 Å². The van der Waals surface area contributed by atoms with E-state index in [0.29, 0.717) is 23.9 Å². The fraction of sp³-hybridized carbons (Fsp3) is 0.652. The standard InChI is InChI=1S/C46H78NO8P/c1-6-8-10-12-14-16-18-20-22-23-25-27-29-31-33-35-37-39-46(49)55-44(43-54-56(50,51)53-41-40-47(3,4)5)42-52-45(48)38-36-34-32-30-28-26-24-21-19-17-15-13-11-9-7-2/h9,11,14-17,20-22,24-25,27-28,30,44H,6-8,10,12-13,18-19,23,26,29,31-43H2,1-5H3/p+1/b11-9-,16-14-,17-15-,22-20-,24-21-,27-25-,30-28-/t44-/m1/s1. The van der Waals surface area contributed by atoms with Crippen molar-refractivity contribution in [2.24, 2.45) is 0 Å². The first-order chi connectivity index (χ1) is 27.0. The third-order valence-corrected chi connectivity index (χ3v) is 9.39. The van der Waals surface area contributed by atoms with Crippen molar-refractivity contribution in [2.75, 3.05) is 47.5 Å². The van der Waals surface area contributed by atoms with Crippen LogP contribution in [0.1, 0.15) is 142 Å². The summed E-state index contributed by atoms with van der Waals surface area (Å²) in [5.74, 6) is -0.883. The summed E-state index contributed by atoms with van der Waals surface area (Å²) < 4.78 is 34.2. The molecule has 0 heterocycles. The third kappa shape index (κ3) is 40.8. The lowest BCUT2D eigenvalue weighted by Gasteiger charge is -2.24. The van der Waals surface area contributed by atoms with Gasteiger partial charge in [-0.3, -0.25) is 18.6 Å². The fourth-order valence-electron chi connectivity index (χ4n) is 5.07. The zero-order chi connectivity index (χ0) is 41.4. The van der Waals surface area contributed by atoms with Gasteiger partial charge in [-0.15, -0.1) is 0 Å². The second kappa shape index (κ2) is 37.7. The smallest absolute Gasteiger partial charge is 0.462 e. The quantitative estimate of drug-likeness (QED) is 0.0217. The molecule has 56 heavy (non-hydrogen) atoms. The summed E-state index contributed by atoms with van der Waals surface area (Å²) >= 11 is 0. The van der Waals surface area contributed by atoms with Gasteiger partial charge in [0.2, 0.25) is 0 Å². The Kier molecular flexibility index (Phi) is 35.9. The Bertz CT molecular complexity index is 1230. The van der Waals surface area contributed by atoms with Crippen LogP contribution >= 0.6 is 7.82 Å². The van der Waals surface area contributed by atoms with E-state index < -0.39 is 32.5 Å². The summed E-state index contributed by atoms with van der Waals surface area (Å²) in [6.07, 6.45) is 47.8. The molecule has 0 aromatic rings. The maximum Gasteiger partial charge on any atom is 0.472 e. The molecule has 0 aliphatic heterocycles. The van der Waals surface area contributed by atoms with Crippen LogP contribution in [0.25, 0.3) is 0 Å². The highest BCUT2D eigenvalue weighted by atomic mass is 31.2. The number of esters is 2. The van der Waals surface area contributed by atoms with Crippen LogP contribution in [0, 0.1) is 0 Å². The van der Waals surface area contributed by atoms with Crippen LogP contribution in [0.2, 0.25) is 0 Å². The van der Waals surface area contributed by atoms with Gasteiger partial charge in [0.1, 0.15) is 19.8 Å². The van der Waals surface area contributed by atoms with Gasteiger partial charge in [-0.2, -0.15) is 0 Å². The van der Waals surface area contributed by atoms with Gasteiger partial charge in [0.15, 0.2) is 6.10 Å². The summed E-state index contributed by atoms with van der Waals surface area (Å²) in [6, 6.07) is 0. The molecule has 9 nitrogen and oxygen atoms in total. The van der Waals surface area contributed by atoms with Gasteiger partial charge in [-0.25, -0.2) is 4.57 Å². The minimum Gasteiger partial charge on any atom is -0.462 e. The summed E-state index contributed by atoms with van der Waals surface area (Å²) in [5, 5.41) is 0. The van der Waals surface area contributed by atoms with Crippen LogP contribution in [0.15, 0.2) is 85.1 Å². The normalized spacial score (nSPS) is 14.5. The number of rotatable bonds is 37. The van der Waals surface area contributed by atoms with Crippen molar-refractivity contribution in [3.8, 4) is 0 Å². The molecule has 0 aromatic heterocycles. The Balaban J connectivity index is 4.52. The molecule has 0 aliphatic carbocycles. The van der Waals surface area contributed by atoms with E-state index in [9.17, 15) is 19.0 Å². The fourth-order valence-corrected chi connectivity index (χ4v) is 5.81. The predicted octanol–water partition coefficient (Wildman–Crippen LogP) is 12.0. The van der Waals surface area contributed by atoms with Crippen molar-refractivity contribution in [3.05, 3.63) is 85.1 Å². The Labute approximate surface area is 341 Å². The minimum absolute atomic E-state index is 0.0155. The summed E-state index contributed by atoms with van der Waals surface area (Å²) in [5.41, 5.74) is 0. The maximum absolute atomic E-state index is 12.7. The molecule has 0 saturated carbocycles. The molecule has 320 valence electrons. The van der Waals surface area contributed by atoms with Gasteiger partial charge in [0.25, 0.3) is 0 Å². The number of ether oxygens (including phenoxy) is 2. The number of unbranched alkanes of at least 4 members (excludes halogenated alkanes) is 9. The first kappa shape index (κ1) is 53.2. The summed E-state index contributed by atoms with van der Waals surface area (Å²) in [7, 11) is 1.42. The third-order valence-electron chi connectivity index (χ3n) is 8.41. The monoisotopic (exact) mass is 805 g/mol. The number of likely N-dealkylation sites (N-methyl/N-ethyl adjacent to an activating group) is 1. The van der Waals surface area contributed by atoms with Crippen molar-refractivity contribution in [1.82, 2.24) is 0 Å². The maximum atomic E-state index is 12.7. The molecule has 1 N–H and O–H groups in total. The Hall–Kier alpha value is -2.81. The number of phosphoric ester groups is 1. The first-order valence-electron chi connectivity index (χ1n) is 21.3. The summed E-state index contributed by atoms with van der Waals surface area (Å²) in [4.78, 5) is 35.3. The van der Waals surface area contributed by atoms with E-state index >= 15 is 0 Å². The number of carbonyl (C=O) groups is 2. The molecule has 0 aliphatic rings. The highest BCUT2D eigenvalue weighted by Crippen LogP contribution is 2.43. The van der Waals surface area contributed by atoms with Gasteiger partial charge < -0.3 is 18.9 Å². The second-order valence-electron chi connectivity index (χ2n) is 15.0. The average molecular weight is 805 g/mol. The lowest BCUT2D eigenvalue weighted by molar-refractivity contribution is -0.870. The Morgan fingerprint density at radius 1 is 0.571 bits per heavy atom. The van der Waals surface area contributed by atoms with E-state index in [1.54, 1.807) is 0 Å². The van der Waals surface area contributed by atoms with Gasteiger partial charge >= 0.3 is 19.8 Å². The molecule has 2 atom stereocenters. The Morgan fingerprint density at radius 3 is 1.54 bits per heavy atom. The molecule has 10 heteroatoms. The van der Waals surface area contributed by atoms with Gasteiger partial charge in [0.05, 0.1) is 27.7 Å². The largest absolute Gasteiger partial charge is 0.472 e. The zero-order valence-electron chi connectivity index (χ0n) is 35.8. The molecular formula is C46H79NO8P+. The van der Waals surface area contributed by atoms with E-state index in [2.05, 4.69) is 98.9 Å². The number of carbonyl (C=O) groups excluding carboxylic acids is 2. The molecule has 0 spiro atoms. The van der Waals surface area contributed by atoms with Gasteiger partial charge in [-0.1, -0.05) is 125 Å². The molecule has 0 radical (unpaired) electrons. The number of hydrogen-bond acceptors (Lipinski definition) is 7. The minimum atomic E-state index is -4.39. The van der Waals surface area contributed by atoms with Crippen LogP contribution in [0.4, 0.5) is 0 Å². The second-order valence-corrected chi connectivity index (χ2v) is 16.4. The van der Waals surface area contributed by atoms with Crippen LogP contribution in [-0.4, -0.2) is 74.9 Å². The Morgan fingerprint density at radius 2 is 1.02 bits per heavy atom. The van der Waals surface area contributed by atoms with Crippen molar-refractivity contribution >= 4 is 19.8 Å². The molecule has 0 saturated heterocycles. The molecule has 0 amide bonds. The lowest BCUT2D eigenvalue weighted by Crippen LogP contribution is -2.37. The van der Waals surface area contributed by atoms with Crippen molar-refractivity contribution < 1.29 is 42.1 Å². The average Bonchev–Trinajstić information content (AvgIpc) is 3.15. The van der Waals surface area contributed by atoms with Gasteiger partial charge in [0, 0.05) is 12.8 Å². The number of allylic oxidation sites excluding steroid dienone is 14. The van der Waals surface area contributed by atoms with E-state index in [-0.39, 0.29) is 26.1 Å².